The highest BCUT2D eigenvalue weighted by Crippen LogP contribution is 2.32. The van der Waals surface area contributed by atoms with Crippen LogP contribution >= 0.6 is 11.6 Å². The van der Waals surface area contributed by atoms with Crippen LogP contribution in [0.2, 0.25) is 5.02 Å². The molecule has 1 aliphatic heterocycles. The van der Waals surface area contributed by atoms with Crippen molar-refractivity contribution in [3.8, 4) is 11.3 Å². The Morgan fingerprint density at radius 3 is 2.19 bits per heavy atom. The number of likely N-dealkylation sites (N-methyl/N-ethyl adjacent to an activating group) is 2. The SMILES string of the molecule is CCC(CCN(C)CCOC)C(=O)N1CCN(C(=O)c2ccc(NC(=O)c3ncc(-c4ccc(/C(C(C)=N)=C(\C)N(C)CCOC)c(F)c4F)n3C)cc2Cl)CC1. The number of piperazine rings is 1. The molecule has 0 aliphatic carbocycles. The fourth-order valence-corrected chi connectivity index (χ4v) is 7.08. The topological polar surface area (TPSA) is 136 Å². The van der Waals surface area contributed by atoms with E-state index in [0.29, 0.717) is 57.3 Å². The number of amides is 3. The van der Waals surface area contributed by atoms with Gasteiger partial charge in [-0.2, -0.15) is 0 Å². The third-order valence-corrected chi connectivity index (χ3v) is 10.8. The number of imidazole rings is 1. The van der Waals surface area contributed by atoms with Crippen molar-refractivity contribution in [1.82, 2.24) is 29.2 Å². The summed E-state index contributed by atoms with van der Waals surface area (Å²) in [5.74, 6) is -3.25. The van der Waals surface area contributed by atoms with Gasteiger partial charge in [-0.25, -0.2) is 13.8 Å². The zero-order valence-electron chi connectivity index (χ0n) is 34.2. The van der Waals surface area contributed by atoms with Gasteiger partial charge in [-0.3, -0.25) is 14.4 Å². The van der Waals surface area contributed by atoms with Crippen molar-refractivity contribution in [3.63, 3.8) is 0 Å². The number of benzene rings is 2. The predicted molar refractivity (Wildman–Crippen MR) is 219 cm³/mol. The highest BCUT2D eigenvalue weighted by atomic mass is 35.5. The maximum absolute atomic E-state index is 15.7. The fourth-order valence-electron chi connectivity index (χ4n) is 6.82. The summed E-state index contributed by atoms with van der Waals surface area (Å²) in [7, 11) is 8.55. The van der Waals surface area contributed by atoms with Gasteiger partial charge >= 0.3 is 0 Å². The summed E-state index contributed by atoms with van der Waals surface area (Å²) in [4.78, 5) is 51.8. The number of aromatic nitrogens is 2. The van der Waals surface area contributed by atoms with Gasteiger partial charge in [0, 0.05) is 107 Å². The Bertz CT molecular complexity index is 1960. The molecule has 2 heterocycles. The maximum Gasteiger partial charge on any atom is 0.291 e. The van der Waals surface area contributed by atoms with Crippen molar-refractivity contribution in [2.24, 2.45) is 13.0 Å². The van der Waals surface area contributed by atoms with Crippen LogP contribution in [-0.4, -0.2) is 140 Å². The number of rotatable bonds is 18. The molecule has 1 atom stereocenters. The number of hydrogen-bond donors (Lipinski definition) is 2. The number of allylic oxidation sites excluding steroid dienone is 2. The zero-order chi connectivity index (χ0) is 42.0. The van der Waals surface area contributed by atoms with Gasteiger partial charge in [0.25, 0.3) is 11.8 Å². The molecule has 1 fully saturated rings. The highest BCUT2D eigenvalue weighted by molar-refractivity contribution is 6.34. The van der Waals surface area contributed by atoms with Gasteiger partial charge in [0.2, 0.25) is 5.91 Å². The van der Waals surface area contributed by atoms with Gasteiger partial charge in [0.05, 0.1) is 35.7 Å². The molecule has 0 radical (unpaired) electrons. The second-order valence-electron chi connectivity index (χ2n) is 14.3. The predicted octanol–water partition coefficient (Wildman–Crippen LogP) is 5.90. The molecular weight excluding hydrogens is 758 g/mol. The molecule has 0 bridgehead atoms. The average Bonchev–Trinajstić information content (AvgIpc) is 3.58. The van der Waals surface area contributed by atoms with E-state index < -0.39 is 17.5 Å². The molecule has 1 unspecified atom stereocenters. The number of carbonyl (C=O) groups is 3. The molecule has 16 heteroatoms. The van der Waals surface area contributed by atoms with Crippen LogP contribution in [0.25, 0.3) is 16.8 Å². The molecule has 1 aliphatic rings. The zero-order valence-corrected chi connectivity index (χ0v) is 34.9. The van der Waals surface area contributed by atoms with Gasteiger partial charge in [0.15, 0.2) is 17.5 Å². The second kappa shape index (κ2) is 20.6. The van der Waals surface area contributed by atoms with Crippen LogP contribution in [-0.2, 0) is 21.3 Å². The van der Waals surface area contributed by atoms with Crippen LogP contribution in [0.5, 0.6) is 0 Å². The minimum Gasteiger partial charge on any atom is -0.383 e. The standard InChI is InChI=1S/C41H55ClF2N8O5/c1-9-28(14-15-48(4)20-22-56-7)40(54)51-16-18-52(19-17-51)41(55)30-11-10-29(24-33(30)42)47-39(53)38-46-25-34(50(38)6)31-12-13-32(37(44)36(31)43)35(26(2)45)27(3)49(5)21-23-57-8/h10-13,24-25,28,45H,9,14-23H2,1-8H3,(H,47,53)/b35-27+,45-26?. The summed E-state index contributed by atoms with van der Waals surface area (Å²) < 4.78 is 43.1. The largest absolute Gasteiger partial charge is 0.383 e. The van der Waals surface area contributed by atoms with Crippen molar-refractivity contribution < 1.29 is 32.6 Å². The van der Waals surface area contributed by atoms with Crippen molar-refractivity contribution >= 4 is 46.3 Å². The number of anilines is 1. The van der Waals surface area contributed by atoms with E-state index in [9.17, 15) is 14.4 Å². The quantitative estimate of drug-likeness (QED) is 0.152. The third kappa shape index (κ3) is 10.8. The first-order valence-electron chi connectivity index (χ1n) is 19.0. The van der Waals surface area contributed by atoms with Gasteiger partial charge in [0.1, 0.15) is 0 Å². The first kappa shape index (κ1) is 45.0. The van der Waals surface area contributed by atoms with Crippen LogP contribution in [0.4, 0.5) is 14.5 Å². The summed E-state index contributed by atoms with van der Waals surface area (Å²) in [6.07, 6.45) is 2.77. The molecule has 3 aromatic rings. The third-order valence-electron chi connectivity index (χ3n) is 10.5. The van der Waals surface area contributed by atoms with Gasteiger partial charge in [-0.15, -0.1) is 0 Å². The Balaban J connectivity index is 1.41. The van der Waals surface area contributed by atoms with Gasteiger partial charge in [-0.05, 0) is 64.5 Å². The number of methoxy groups -OCH3 is 2. The Hall–Kier alpha value is -4.70. The van der Waals surface area contributed by atoms with Crippen molar-refractivity contribution in [2.75, 3.05) is 92.7 Å². The normalized spacial score (nSPS) is 14.1. The fraction of sp³-hybridized carbons (Fsp3) is 0.488. The summed E-state index contributed by atoms with van der Waals surface area (Å²) in [6.45, 7) is 9.98. The lowest BCUT2D eigenvalue weighted by Gasteiger charge is -2.36. The van der Waals surface area contributed by atoms with Crippen molar-refractivity contribution in [2.45, 2.75) is 33.6 Å². The Morgan fingerprint density at radius 2 is 1.58 bits per heavy atom. The molecule has 13 nitrogen and oxygen atoms in total. The summed E-state index contributed by atoms with van der Waals surface area (Å²) in [6, 6.07) is 7.36. The molecule has 2 aromatic carbocycles. The van der Waals surface area contributed by atoms with E-state index in [-0.39, 0.29) is 62.2 Å². The minimum absolute atomic E-state index is 0.0594. The lowest BCUT2D eigenvalue weighted by molar-refractivity contribution is -0.137. The number of nitrogens with one attached hydrogen (secondary N) is 2. The lowest BCUT2D eigenvalue weighted by atomic mass is 9.96. The van der Waals surface area contributed by atoms with E-state index in [4.69, 9.17) is 26.5 Å². The molecule has 0 spiro atoms. The van der Waals surface area contributed by atoms with Crippen molar-refractivity contribution in [3.05, 3.63) is 75.8 Å². The summed E-state index contributed by atoms with van der Waals surface area (Å²) in [5.41, 5.74) is 1.46. The van der Waals surface area contributed by atoms with Gasteiger partial charge < -0.3 is 44.4 Å². The molecule has 310 valence electrons. The maximum atomic E-state index is 15.7. The average molecular weight is 813 g/mol. The van der Waals surface area contributed by atoms with Gasteiger partial charge in [-0.1, -0.05) is 24.6 Å². The first-order valence-corrected chi connectivity index (χ1v) is 19.4. The molecular formula is C41H55ClF2N8O5. The summed E-state index contributed by atoms with van der Waals surface area (Å²) in [5, 5.41) is 11.2. The van der Waals surface area contributed by atoms with E-state index in [1.54, 1.807) is 39.2 Å². The molecule has 0 saturated carbocycles. The molecule has 3 amide bonds. The van der Waals surface area contributed by atoms with Crippen LogP contribution in [0, 0.1) is 23.0 Å². The summed E-state index contributed by atoms with van der Waals surface area (Å²) >= 11 is 6.57. The Labute approximate surface area is 339 Å². The van der Waals surface area contributed by atoms with Crippen LogP contribution < -0.4 is 5.32 Å². The minimum atomic E-state index is -1.14. The van der Waals surface area contributed by atoms with Crippen LogP contribution in [0.3, 0.4) is 0 Å². The monoisotopic (exact) mass is 812 g/mol. The van der Waals surface area contributed by atoms with E-state index in [1.165, 1.54) is 49.0 Å². The lowest BCUT2D eigenvalue weighted by Crippen LogP contribution is -2.52. The number of ether oxygens (including phenoxy) is 2. The highest BCUT2D eigenvalue weighted by Gasteiger charge is 2.30. The van der Waals surface area contributed by atoms with E-state index in [2.05, 4.69) is 15.2 Å². The van der Waals surface area contributed by atoms with Crippen molar-refractivity contribution in [1.29, 1.82) is 5.41 Å². The molecule has 57 heavy (non-hydrogen) atoms. The number of carbonyl (C=O) groups excluding carboxylic acids is 3. The smallest absolute Gasteiger partial charge is 0.291 e. The molecule has 1 aromatic heterocycles. The number of nitrogens with zero attached hydrogens (tertiary/aromatic N) is 6. The van der Waals surface area contributed by atoms with E-state index in [0.717, 1.165) is 25.9 Å². The van der Waals surface area contributed by atoms with Crippen LogP contribution in [0.1, 0.15) is 60.2 Å². The number of hydrogen-bond acceptors (Lipinski definition) is 9. The second-order valence-corrected chi connectivity index (χ2v) is 14.7. The molecule has 2 N–H and O–H groups in total. The van der Waals surface area contributed by atoms with Crippen LogP contribution in [0.15, 0.2) is 42.2 Å². The van der Waals surface area contributed by atoms with E-state index >= 15 is 8.78 Å². The first-order chi connectivity index (χ1) is 27.1. The Kier molecular flexibility index (Phi) is 16.3. The molecule has 1 saturated heterocycles. The number of halogens is 3. The van der Waals surface area contributed by atoms with E-state index in [1.807, 2.05) is 23.8 Å². The molecule has 4 rings (SSSR count). The Morgan fingerprint density at radius 1 is 0.947 bits per heavy atom.